The summed E-state index contributed by atoms with van der Waals surface area (Å²) < 4.78 is 42.0. The molecule has 1 amide bonds. The lowest BCUT2D eigenvalue weighted by atomic mass is 10.2. The standard InChI is InChI=1S/C15H11ClF3NO3S/c16-13-5-4-12(24-13)10(21)2-6-14(22)20-8-1-3-11(9(17)7-8)23-15(18)19/h1,3-5,7,15H,2,6H2,(H,20,22). The zero-order chi connectivity index (χ0) is 17.7. The SMILES string of the molecule is O=C(CCC(=O)c1ccc(Cl)s1)Nc1ccc(OC(F)F)c(F)c1. The summed E-state index contributed by atoms with van der Waals surface area (Å²) in [6.45, 7) is -3.14. The van der Waals surface area contributed by atoms with Gasteiger partial charge in [0.1, 0.15) is 0 Å². The number of hydrogen-bond donors (Lipinski definition) is 1. The van der Waals surface area contributed by atoms with Gasteiger partial charge in [0.15, 0.2) is 17.3 Å². The summed E-state index contributed by atoms with van der Waals surface area (Å²) in [7, 11) is 0. The van der Waals surface area contributed by atoms with Crippen molar-refractivity contribution in [1.29, 1.82) is 0 Å². The molecule has 2 rings (SSSR count). The third kappa shape index (κ3) is 5.24. The Kier molecular flexibility index (Phi) is 6.22. The number of ether oxygens (including phenoxy) is 1. The van der Waals surface area contributed by atoms with Crippen LogP contribution in [0.3, 0.4) is 0 Å². The molecule has 0 aliphatic heterocycles. The third-order valence-corrected chi connectivity index (χ3v) is 4.13. The van der Waals surface area contributed by atoms with Gasteiger partial charge in [-0.2, -0.15) is 8.78 Å². The Morgan fingerprint density at radius 1 is 1.21 bits per heavy atom. The van der Waals surface area contributed by atoms with Crippen LogP contribution >= 0.6 is 22.9 Å². The normalized spacial score (nSPS) is 10.7. The quantitative estimate of drug-likeness (QED) is 0.709. The number of thiophene rings is 1. The van der Waals surface area contributed by atoms with E-state index in [9.17, 15) is 22.8 Å². The highest BCUT2D eigenvalue weighted by molar-refractivity contribution is 7.18. The van der Waals surface area contributed by atoms with Crippen molar-refractivity contribution in [3.05, 3.63) is 45.4 Å². The number of nitrogens with one attached hydrogen (secondary N) is 1. The monoisotopic (exact) mass is 377 g/mol. The molecule has 9 heteroatoms. The van der Waals surface area contributed by atoms with Crippen LogP contribution in [0.1, 0.15) is 22.5 Å². The van der Waals surface area contributed by atoms with Gasteiger partial charge >= 0.3 is 6.61 Å². The van der Waals surface area contributed by atoms with Crippen LogP contribution in [0, 0.1) is 5.82 Å². The van der Waals surface area contributed by atoms with E-state index >= 15 is 0 Å². The van der Waals surface area contributed by atoms with E-state index in [1.807, 2.05) is 0 Å². The smallest absolute Gasteiger partial charge is 0.387 e. The van der Waals surface area contributed by atoms with E-state index in [4.69, 9.17) is 11.6 Å². The van der Waals surface area contributed by atoms with Gasteiger partial charge in [0, 0.05) is 24.6 Å². The molecular weight excluding hydrogens is 367 g/mol. The highest BCUT2D eigenvalue weighted by Crippen LogP contribution is 2.24. The maximum absolute atomic E-state index is 13.5. The number of hydrogen-bond acceptors (Lipinski definition) is 4. The number of amides is 1. The molecule has 0 spiro atoms. The van der Waals surface area contributed by atoms with Crippen molar-refractivity contribution in [1.82, 2.24) is 0 Å². The lowest BCUT2D eigenvalue weighted by Gasteiger charge is -2.08. The fraction of sp³-hybridized carbons (Fsp3) is 0.200. The van der Waals surface area contributed by atoms with E-state index in [2.05, 4.69) is 10.1 Å². The first-order valence-corrected chi connectivity index (χ1v) is 7.87. The van der Waals surface area contributed by atoms with Gasteiger partial charge in [0.05, 0.1) is 9.21 Å². The number of halogens is 4. The molecule has 0 aliphatic carbocycles. The Balaban J connectivity index is 1.88. The molecule has 1 heterocycles. The molecule has 4 nitrogen and oxygen atoms in total. The molecule has 0 saturated heterocycles. The summed E-state index contributed by atoms with van der Waals surface area (Å²) in [5.74, 6) is -2.38. The number of ketones is 1. The molecule has 1 aromatic heterocycles. The average Bonchev–Trinajstić information content (AvgIpc) is 2.94. The maximum atomic E-state index is 13.5. The lowest BCUT2D eigenvalue weighted by molar-refractivity contribution is -0.116. The molecule has 2 aromatic rings. The first-order chi connectivity index (χ1) is 11.3. The molecule has 0 saturated carbocycles. The van der Waals surface area contributed by atoms with Gasteiger partial charge in [-0.25, -0.2) is 4.39 Å². The topological polar surface area (TPSA) is 55.4 Å². The molecule has 0 atom stereocenters. The zero-order valence-corrected chi connectivity index (χ0v) is 13.6. The van der Waals surface area contributed by atoms with Crippen molar-refractivity contribution in [2.24, 2.45) is 0 Å². The second kappa shape index (κ2) is 8.16. The summed E-state index contributed by atoms with van der Waals surface area (Å²) >= 11 is 6.85. The number of benzene rings is 1. The Bertz CT molecular complexity index is 751. The molecule has 0 radical (unpaired) electrons. The van der Waals surface area contributed by atoms with Crippen LogP contribution in [-0.4, -0.2) is 18.3 Å². The van der Waals surface area contributed by atoms with Crippen LogP contribution in [0.15, 0.2) is 30.3 Å². The Morgan fingerprint density at radius 3 is 2.54 bits per heavy atom. The minimum Gasteiger partial charge on any atom is -0.432 e. The van der Waals surface area contributed by atoms with Crippen LogP contribution in [0.25, 0.3) is 0 Å². The Morgan fingerprint density at radius 2 is 1.96 bits per heavy atom. The van der Waals surface area contributed by atoms with Crippen LogP contribution in [0.4, 0.5) is 18.9 Å². The van der Waals surface area contributed by atoms with E-state index in [0.29, 0.717) is 9.21 Å². The van der Waals surface area contributed by atoms with Gasteiger partial charge in [0.2, 0.25) is 5.91 Å². The van der Waals surface area contributed by atoms with Crippen LogP contribution in [-0.2, 0) is 4.79 Å². The Labute approximate surface area is 144 Å². The van der Waals surface area contributed by atoms with Gasteiger partial charge in [0.25, 0.3) is 0 Å². The number of alkyl halides is 2. The van der Waals surface area contributed by atoms with Gasteiger partial charge in [-0.1, -0.05) is 11.6 Å². The van der Waals surface area contributed by atoms with E-state index < -0.39 is 24.1 Å². The molecule has 0 bridgehead atoms. The number of rotatable bonds is 7. The minimum absolute atomic E-state index is 0.0300. The van der Waals surface area contributed by atoms with Crippen molar-refractivity contribution >= 4 is 40.3 Å². The second-order valence-corrected chi connectivity index (χ2v) is 6.31. The molecule has 128 valence electrons. The molecule has 1 N–H and O–H groups in total. The number of carbonyl (C=O) groups is 2. The zero-order valence-electron chi connectivity index (χ0n) is 12.0. The van der Waals surface area contributed by atoms with Crippen LogP contribution in [0.5, 0.6) is 5.75 Å². The van der Waals surface area contributed by atoms with Gasteiger partial charge in [-0.05, 0) is 24.3 Å². The molecule has 24 heavy (non-hydrogen) atoms. The van der Waals surface area contributed by atoms with Gasteiger partial charge in [-0.15, -0.1) is 11.3 Å². The first kappa shape index (κ1) is 18.3. The lowest BCUT2D eigenvalue weighted by Crippen LogP contribution is -2.13. The van der Waals surface area contributed by atoms with Crippen LogP contribution < -0.4 is 10.1 Å². The molecule has 0 unspecified atom stereocenters. The number of anilines is 1. The van der Waals surface area contributed by atoms with E-state index in [-0.39, 0.29) is 24.3 Å². The maximum Gasteiger partial charge on any atom is 0.387 e. The predicted octanol–water partition coefficient (Wildman–Crippen LogP) is 4.74. The van der Waals surface area contributed by atoms with Gasteiger partial charge in [-0.3, -0.25) is 9.59 Å². The van der Waals surface area contributed by atoms with E-state index in [0.717, 1.165) is 23.5 Å². The van der Waals surface area contributed by atoms with E-state index in [1.54, 1.807) is 12.1 Å². The molecule has 0 fully saturated rings. The first-order valence-electron chi connectivity index (χ1n) is 6.68. The summed E-state index contributed by atoms with van der Waals surface area (Å²) in [4.78, 5) is 24.1. The third-order valence-electron chi connectivity index (χ3n) is 2.86. The van der Waals surface area contributed by atoms with Crippen molar-refractivity contribution < 1.29 is 27.5 Å². The van der Waals surface area contributed by atoms with Crippen molar-refractivity contribution in [2.75, 3.05) is 5.32 Å². The van der Waals surface area contributed by atoms with Gasteiger partial charge < -0.3 is 10.1 Å². The van der Waals surface area contributed by atoms with E-state index in [1.165, 1.54) is 6.07 Å². The van der Waals surface area contributed by atoms with Crippen molar-refractivity contribution in [3.63, 3.8) is 0 Å². The van der Waals surface area contributed by atoms with Crippen molar-refractivity contribution in [2.45, 2.75) is 19.5 Å². The summed E-state index contributed by atoms with van der Waals surface area (Å²) in [5.41, 5.74) is 0.0748. The number of carbonyl (C=O) groups excluding carboxylic acids is 2. The highest BCUT2D eigenvalue weighted by Gasteiger charge is 2.14. The fourth-order valence-corrected chi connectivity index (χ4v) is 2.82. The molecule has 1 aromatic carbocycles. The Hall–Kier alpha value is -2.06. The van der Waals surface area contributed by atoms with Crippen LogP contribution in [0.2, 0.25) is 4.34 Å². The average molecular weight is 378 g/mol. The molecule has 0 aliphatic rings. The summed E-state index contributed by atoms with van der Waals surface area (Å²) in [6.07, 6.45) is -0.136. The fourth-order valence-electron chi connectivity index (χ4n) is 1.81. The second-order valence-electron chi connectivity index (χ2n) is 4.60. The summed E-state index contributed by atoms with van der Waals surface area (Å²) in [5, 5.41) is 2.38. The molecular formula is C15H11ClF3NO3S. The van der Waals surface area contributed by atoms with Crippen molar-refractivity contribution in [3.8, 4) is 5.75 Å². The summed E-state index contributed by atoms with van der Waals surface area (Å²) in [6, 6.07) is 6.22. The largest absolute Gasteiger partial charge is 0.432 e. The minimum atomic E-state index is -3.14. The predicted molar refractivity (Wildman–Crippen MR) is 84.6 cm³/mol. The number of Topliss-reactive ketones (excluding diaryl/α,β-unsaturated/α-hetero) is 1. The highest BCUT2D eigenvalue weighted by atomic mass is 35.5.